The Balaban J connectivity index is 1.54. The predicted molar refractivity (Wildman–Crippen MR) is 73.1 cm³/mol. The van der Waals surface area contributed by atoms with Crippen LogP contribution in [0.25, 0.3) is 0 Å². The Hall–Kier alpha value is -1.70. The number of alkyl halides is 2. The van der Waals surface area contributed by atoms with Gasteiger partial charge in [-0.1, -0.05) is 0 Å². The molecule has 1 aromatic rings. The van der Waals surface area contributed by atoms with Crippen molar-refractivity contribution in [3.63, 3.8) is 0 Å². The number of ether oxygens (including phenoxy) is 1. The molecule has 0 radical (unpaired) electrons. The minimum Gasteiger partial charge on any atom is -0.373 e. The number of hydrogen-bond donors (Lipinski definition) is 2. The van der Waals surface area contributed by atoms with Gasteiger partial charge < -0.3 is 15.4 Å². The molecule has 2 fully saturated rings. The van der Waals surface area contributed by atoms with Crippen molar-refractivity contribution in [1.82, 2.24) is 20.2 Å². The number of imidazole rings is 1. The van der Waals surface area contributed by atoms with Gasteiger partial charge in [0.05, 0.1) is 24.8 Å². The van der Waals surface area contributed by atoms with Gasteiger partial charge in [0.1, 0.15) is 5.82 Å². The van der Waals surface area contributed by atoms with E-state index in [2.05, 4.69) is 20.6 Å². The van der Waals surface area contributed by atoms with Crippen molar-refractivity contribution in [2.24, 2.45) is 4.99 Å². The lowest BCUT2D eigenvalue weighted by atomic mass is 9.96. The molecule has 3 heterocycles. The van der Waals surface area contributed by atoms with Gasteiger partial charge in [-0.2, -0.15) is 8.78 Å². The zero-order chi connectivity index (χ0) is 14.8. The van der Waals surface area contributed by atoms with Gasteiger partial charge >= 0.3 is 6.55 Å². The van der Waals surface area contributed by atoms with Crippen molar-refractivity contribution in [2.75, 3.05) is 7.05 Å². The molecule has 21 heavy (non-hydrogen) atoms. The van der Waals surface area contributed by atoms with Crippen LogP contribution in [-0.4, -0.2) is 40.8 Å². The SMILES string of the molecule is CN=C(NCc1nccn1C(F)F)NC1CC2CCC1O2. The van der Waals surface area contributed by atoms with E-state index in [-0.39, 0.29) is 24.5 Å². The third-order valence-corrected chi connectivity index (χ3v) is 4.02. The summed E-state index contributed by atoms with van der Waals surface area (Å²) in [5, 5.41) is 6.32. The lowest BCUT2D eigenvalue weighted by molar-refractivity contribution is 0.0668. The number of aromatic nitrogens is 2. The largest absolute Gasteiger partial charge is 0.373 e. The van der Waals surface area contributed by atoms with Gasteiger partial charge in [-0.15, -0.1) is 0 Å². The van der Waals surface area contributed by atoms with Crippen LogP contribution >= 0.6 is 0 Å². The summed E-state index contributed by atoms with van der Waals surface area (Å²) < 4.78 is 32.1. The normalized spacial score (nSPS) is 28.4. The molecule has 0 spiro atoms. The first-order valence-electron chi connectivity index (χ1n) is 7.10. The Bertz CT molecular complexity index is 518. The summed E-state index contributed by atoms with van der Waals surface area (Å²) in [7, 11) is 1.66. The quantitative estimate of drug-likeness (QED) is 0.649. The summed E-state index contributed by atoms with van der Waals surface area (Å²) in [4.78, 5) is 8.05. The molecule has 2 bridgehead atoms. The summed E-state index contributed by atoms with van der Waals surface area (Å²) >= 11 is 0. The Morgan fingerprint density at radius 2 is 2.43 bits per heavy atom. The van der Waals surface area contributed by atoms with Crippen molar-refractivity contribution in [3.8, 4) is 0 Å². The van der Waals surface area contributed by atoms with Crippen LogP contribution in [0, 0.1) is 0 Å². The highest BCUT2D eigenvalue weighted by atomic mass is 19.3. The summed E-state index contributed by atoms with van der Waals surface area (Å²) in [6, 6.07) is 0.241. The van der Waals surface area contributed by atoms with E-state index >= 15 is 0 Å². The second-order valence-corrected chi connectivity index (χ2v) is 5.31. The molecule has 2 saturated heterocycles. The molecule has 0 amide bonds. The maximum Gasteiger partial charge on any atom is 0.319 e. The molecule has 3 atom stereocenters. The molecular formula is C13H19F2N5O. The monoisotopic (exact) mass is 299 g/mol. The van der Waals surface area contributed by atoms with E-state index in [1.54, 1.807) is 7.05 Å². The Labute approximate surface area is 121 Å². The number of aliphatic imine (C=N–C) groups is 1. The maximum atomic E-state index is 12.7. The van der Waals surface area contributed by atoms with Gasteiger partial charge in [0, 0.05) is 19.4 Å². The average Bonchev–Trinajstić information content (AvgIpc) is 3.18. The van der Waals surface area contributed by atoms with Crippen LogP contribution < -0.4 is 10.6 Å². The first-order valence-corrected chi connectivity index (χ1v) is 7.10. The van der Waals surface area contributed by atoms with E-state index in [0.29, 0.717) is 12.1 Å². The molecule has 6 nitrogen and oxygen atoms in total. The molecule has 2 aliphatic rings. The standard InChI is InChI=1S/C13H19F2N5O/c1-16-13(19-9-6-8-2-3-10(9)21-8)18-7-11-17-4-5-20(11)12(14)15/h4-5,8-10,12H,2-3,6-7H2,1H3,(H2,16,18,19). The zero-order valence-electron chi connectivity index (χ0n) is 11.8. The molecule has 0 saturated carbocycles. The van der Waals surface area contributed by atoms with Crippen LogP contribution in [0.5, 0.6) is 0 Å². The second-order valence-electron chi connectivity index (χ2n) is 5.31. The smallest absolute Gasteiger partial charge is 0.319 e. The first kappa shape index (κ1) is 14.2. The number of fused-ring (bicyclic) bond motifs is 2. The van der Waals surface area contributed by atoms with Gasteiger partial charge in [0.2, 0.25) is 0 Å². The fourth-order valence-electron chi connectivity index (χ4n) is 2.98. The molecule has 8 heteroatoms. The van der Waals surface area contributed by atoms with Crippen molar-refractivity contribution >= 4 is 5.96 Å². The Kier molecular flexibility index (Phi) is 4.05. The molecule has 2 aliphatic heterocycles. The average molecular weight is 299 g/mol. The minimum atomic E-state index is -2.58. The van der Waals surface area contributed by atoms with Gasteiger partial charge in [0.15, 0.2) is 5.96 Å². The van der Waals surface area contributed by atoms with Crippen LogP contribution in [0.15, 0.2) is 17.4 Å². The highest BCUT2D eigenvalue weighted by molar-refractivity contribution is 5.80. The second kappa shape index (κ2) is 5.97. The summed E-state index contributed by atoms with van der Waals surface area (Å²) in [6.45, 7) is -2.39. The van der Waals surface area contributed by atoms with E-state index in [9.17, 15) is 8.78 Å². The number of guanidine groups is 1. The third-order valence-electron chi connectivity index (χ3n) is 4.02. The molecular weight excluding hydrogens is 280 g/mol. The molecule has 3 rings (SSSR count). The topological polar surface area (TPSA) is 63.5 Å². The Morgan fingerprint density at radius 3 is 3.05 bits per heavy atom. The highest BCUT2D eigenvalue weighted by Gasteiger charge is 2.41. The summed E-state index contributed by atoms with van der Waals surface area (Å²) in [5.74, 6) is 0.858. The number of nitrogens with zero attached hydrogens (tertiary/aromatic N) is 3. The summed E-state index contributed by atoms with van der Waals surface area (Å²) in [6.07, 6.45) is 6.37. The summed E-state index contributed by atoms with van der Waals surface area (Å²) in [5.41, 5.74) is 0. The van der Waals surface area contributed by atoms with Crippen molar-refractivity contribution < 1.29 is 13.5 Å². The zero-order valence-corrected chi connectivity index (χ0v) is 11.8. The minimum absolute atomic E-state index is 0.193. The fraction of sp³-hybridized carbons (Fsp3) is 0.692. The predicted octanol–water partition coefficient (Wildman–Crippen LogP) is 1.26. The lowest BCUT2D eigenvalue weighted by Crippen LogP contribution is -2.47. The first-order chi connectivity index (χ1) is 10.2. The van der Waals surface area contributed by atoms with Crippen LogP contribution in [0.3, 0.4) is 0 Å². The van der Waals surface area contributed by atoms with E-state index in [4.69, 9.17) is 4.74 Å². The van der Waals surface area contributed by atoms with Crippen LogP contribution in [-0.2, 0) is 11.3 Å². The van der Waals surface area contributed by atoms with Gasteiger partial charge in [-0.25, -0.2) is 4.98 Å². The lowest BCUT2D eigenvalue weighted by Gasteiger charge is -2.22. The molecule has 2 N–H and O–H groups in total. The molecule has 3 unspecified atom stereocenters. The third kappa shape index (κ3) is 2.99. The Morgan fingerprint density at radius 1 is 1.57 bits per heavy atom. The molecule has 0 aromatic carbocycles. The van der Waals surface area contributed by atoms with E-state index in [0.717, 1.165) is 23.8 Å². The molecule has 0 aliphatic carbocycles. The maximum absolute atomic E-state index is 12.7. The van der Waals surface area contributed by atoms with Crippen LogP contribution in [0.1, 0.15) is 31.6 Å². The van der Waals surface area contributed by atoms with E-state index in [1.807, 2.05) is 0 Å². The van der Waals surface area contributed by atoms with Gasteiger partial charge in [-0.05, 0) is 19.3 Å². The van der Waals surface area contributed by atoms with Crippen LogP contribution in [0.2, 0.25) is 0 Å². The number of nitrogens with one attached hydrogen (secondary N) is 2. The number of halogens is 2. The number of hydrogen-bond acceptors (Lipinski definition) is 3. The fourth-order valence-corrected chi connectivity index (χ4v) is 2.98. The highest BCUT2D eigenvalue weighted by Crippen LogP contribution is 2.34. The number of rotatable bonds is 4. The van der Waals surface area contributed by atoms with Crippen molar-refractivity contribution in [2.45, 2.75) is 50.6 Å². The van der Waals surface area contributed by atoms with Crippen molar-refractivity contribution in [3.05, 3.63) is 18.2 Å². The van der Waals surface area contributed by atoms with E-state index in [1.165, 1.54) is 12.4 Å². The van der Waals surface area contributed by atoms with Crippen LogP contribution in [0.4, 0.5) is 8.78 Å². The van der Waals surface area contributed by atoms with Gasteiger partial charge in [-0.3, -0.25) is 9.56 Å². The van der Waals surface area contributed by atoms with Gasteiger partial charge in [0.25, 0.3) is 0 Å². The molecule has 1 aromatic heterocycles. The molecule has 116 valence electrons. The van der Waals surface area contributed by atoms with E-state index < -0.39 is 6.55 Å². The van der Waals surface area contributed by atoms with Crippen molar-refractivity contribution in [1.29, 1.82) is 0 Å².